The van der Waals surface area contributed by atoms with Gasteiger partial charge < -0.3 is 8.98 Å². The van der Waals surface area contributed by atoms with Gasteiger partial charge in [-0.25, -0.2) is 4.90 Å². The molecule has 0 N–H and O–H groups in total. The van der Waals surface area contributed by atoms with Crippen molar-refractivity contribution in [1.29, 1.82) is 5.26 Å². The van der Waals surface area contributed by atoms with Gasteiger partial charge in [0.05, 0.1) is 50.6 Å². The Bertz CT molecular complexity index is 2210. The van der Waals surface area contributed by atoms with Crippen LogP contribution in [0.1, 0.15) is 26.3 Å². The number of fused-ring (bicyclic) bond motifs is 8. The summed E-state index contributed by atoms with van der Waals surface area (Å²) in [5.74, 6) is -0.820. The van der Waals surface area contributed by atoms with Crippen LogP contribution in [-0.2, 0) is 0 Å². The van der Waals surface area contributed by atoms with Gasteiger partial charge in [0, 0.05) is 16.2 Å². The summed E-state index contributed by atoms with van der Waals surface area (Å²) >= 11 is 0. The SMILES string of the molecule is N#Cc1ccc(-n2c3ccccc3c3c4oc5ccccc5c4ccc32)c(N2C(=O)c3ccccc3C2=O)c1. The molecule has 0 saturated carbocycles. The van der Waals surface area contributed by atoms with Crippen LogP contribution in [0.2, 0.25) is 0 Å². The minimum absolute atomic E-state index is 0.349. The monoisotopic (exact) mass is 503 g/mol. The van der Waals surface area contributed by atoms with Gasteiger partial charge >= 0.3 is 0 Å². The summed E-state index contributed by atoms with van der Waals surface area (Å²) in [6.07, 6.45) is 0. The number of carbonyl (C=O) groups is 2. The molecule has 0 spiro atoms. The van der Waals surface area contributed by atoms with Crippen molar-refractivity contribution in [1.82, 2.24) is 4.57 Å². The second-order valence-electron chi connectivity index (χ2n) is 9.59. The van der Waals surface area contributed by atoms with Gasteiger partial charge in [0.1, 0.15) is 11.2 Å². The van der Waals surface area contributed by atoms with Crippen molar-refractivity contribution in [3.8, 4) is 11.8 Å². The van der Waals surface area contributed by atoms with Crippen LogP contribution < -0.4 is 4.90 Å². The third-order valence-electron chi connectivity index (χ3n) is 7.56. The molecule has 39 heavy (non-hydrogen) atoms. The van der Waals surface area contributed by atoms with Crippen molar-refractivity contribution < 1.29 is 14.0 Å². The summed E-state index contributed by atoms with van der Waals surface area (Å²) in [5, 5.41) is 13.7. The average Bonchev–Trinajstić information content (AvgIpc) is 3.60. The van der Waals surface area contributed by atoms with E-state index in [4.69, 9.17) is 4.42 Å². The minimum Gasteiger partial charge on any atom is -0.455 e. The Hall–Kier alpha value is -5.67. The molecule has 0 radical (unpaired) electrons. The number of aromatic nitrogens is 1. The molecule has 3 heterocycles. The summed E-state index contributed by atoms with van der Waals surface area (Å²) in [4.78, 5) is 28.2. The van der Waals surface area contributed by atoms with E-state index < -0.39 is 11.8 Å². The fraction of sp³-hybridized carbons (Fsp3) is 0. The molecule has 8 rings (SSSR count). The first-order chi connectivity index (χ1) is 19.2. The highest BCUT2D eigenvalue weighted by molar-refractivity contribution is 6.35. The number of amides is 2. The average molecular weight is 504 g/mol. The van der Waals surface area contributed by atoms with Crippen LogP contribution >= 0.6 is 0 Å². The number of hydrogen-bond acceptors (Lipinski definition) is 4. The van der Waals surface area contributed by atoms with Gasteiger partial charge in [-0.3, -0.25) is 9.59 Å². The maximum absolute atomic E-state index is 13.5. The number of rotatable bonds is 2. The van der Waals surface area contributed by atoms with Gasteiger partial charge in [0.25, 0.3) is 11.8 Å². The van der Waals surface area contributed by atoms with Gasteiger partial charge in [-0.15, -0.1) is 0 Å². The van der Waals surface area contributed by atoms with E-state index in [1.807, 2.05) is 65.2 Å². The van der Waals surface area contributed by atoms with Crippen LogP contribution in [0.25, 0.3) is 49.4 Å². The Morgan fingerprint density at radius 2 is 1.33 bits per heavy atom. The van der Waals surface area contributed by atoms with Crippen molar-refractivity contribution in [3.05, 3.63) is 120 Å². The van der Waals surface area contributed by atoms with Gasteiger partial charge in [-0.05, 0) is 54.6 Å². The lowest BCUT2D eigenvalue weighted by Crippen LogP contribution is -2.30. The lowest BCUT2D eigenvalue weighted by atomic mass is 10.1. The molecule has 0 saturated heterocycles. The maximum atomic E-state index is 13.5. The number of furan rings is 1. The summed E-state index contributed by atoms with van der Waals surface area (Å²) in [7, 11) is 0. The fourth-order valence-electron chi connectivity index (χ4n) is 5.86. The topological polar surface area (TPSA) is 79.2 Å². The van der Waals surface area contributed by atoms with Crippen LogP contribution in [0.5, 0.6) is 0 Å². The lowest BCUT2D eigenvalue weighted by Gasteiger charge is -2.20. The molecular weight excluding hydrogens is 486 g/mol. The van der Waals surface area contributed by atoms with Crippen molar-refractivity contribution >= 4 is 61.2 Å². The predicted molar refractivity (Wildman–Crippen MR) is 150 cm³/mol. The van der Waals surface area contributed by atoms with Gasteiger partial charge in [-0.2, -0.15) is 5.26 Å². The van der Waals surface area contributed by atoms with Crippen molar-refractivity contribution in [2.24, 2.45) is 0 Å². The highest BCUT2D eigenvalue weighted by Crippen LogP contribution is 2.42. The number of nitrogens with zero attached hydrogens (tertiary/aromatic N) is 3. The van der Waals surface area contributed by atoms with E-state index in [0.29, 0.717) is 28.1 Å². The van der Waals surface area contributed by atoms with Crippen LogP contribution in [0.3, 0.4) is 0 Å². The lowest BCUT2D eigenvalue weighted by molar-refractivity contribution is 0.0926. The molecule has 5 aromatic carbocycles. The molecule has 1 aliphatic rings. The van der Waals surface area contributed by atoms with Gasteiger partial charge in [0.15, 0.2) is 0 Å². The molecule has 182 valence electrons. The first-order valence-corrected chi connectivity index (χ1v) is 12.5. The van der Waals surface area contributed by atoms with E-state index in [2.05, 4.69) is 6.07 Å². The van der Waals surface area contributed by atoms with E-state index in [1.54, 1.807) is 42.5 Å². The molecule has 2 aromatic heterocycles. The van der Waals surface area contributed by atoms with E-state index in [-0.39, 0.29) is 0 Å². The Kier molecular flexibility index (Phi) is 4.21. The second kappa shape index (κ2) is 7.67. The third-order valence-corrected chi connectivity index (χ3v) is 7.56. The van der Waals surface area contributed by atoms with Crippen LogP contribution in [-0.4, -0.2) is 16.4 Å². The number of hydrogen-bond donors (Lipinski definition) is 0. The summed E-state index contributed by atoms with van der Waals surface area (Å²) in [6.45, 7) is 0. The van der Waals surface area contributed by atoms with E-state index in [0.717, 1.165) is 43.7 Å². The first-order valence-electron chi connectivity index (χ1n) is 12.5. The highest BCUT2D eigenvalue weighted by Gasteiger charge is 2.38. The normalized spacial score (nSPS) is 13.2. The number of benzene rings is 5. The smallest absolute Gasteiger partial charge is 0.266 e. The Morgan fingerprint density at radius 1 is 0.641 bits per heavy atom. The number of para-hydroxylation sites is 2. The zero-order valence-electron chi connectivity index (χ0n) is 20.4. The largest absolute Gasteiger partial charge is 0.455 e. The van der Waals surface area contributed by atoms with Gasteiger partial charge in [0.2, 0.25) is 0 Å². The molecule has 0 aliphatic carbocycles. The molecule has 7 aromatic rings. The molecule has 0 fully saturated rings. The van der Waals surface area contributed by atoms with Crippen molar-refractivity contribution in [2.45, 2.75) is 0 Å². The van der Waals surface area contributed by atoms with Gasteiger partial charge in [-0.1, -0.05) is 48.5 Å². The predicted octanol–water partition coefficient (Wildman–Crippen LogP) is 7.36. The molecule has 0 bridgehead atoms. The zero-order valence-corrected chi connectivity index (χ0v) is 20.4. The molecule has 2 amide bonds. The number of imide groups is 1. The molecule has 6 heteroatoms. The summed E-state index contributed by atoms with van der Waals surface area (Å²) in [5.41, 5.74) is 5.36. The van der Waals surface area contributed by atoms with Crippen LogP contribution in [0.15, 0.2) is 108 Å². The first kappa shape index (κ1) is 21.4. The third kappa shape index (κ3) is 2.79. The number of carbonyl (C=O) groups excluding carboxylic acids is 2. The van der Waals surface area contributed by atoms with E-state index >= 15 is 0 Å². The van der Waals surface area contributed by atoms with Crippen molar-refractivity contribution in [2.75, 3.05) is 4.90 Å². The quantitative estimate of drug-likeness (QED) is 0.231. The van der Waals surface area contributed by atoms with Crippen LogP contribution in [0.4, 0.5) is 5.69 Å². The standard InChI is InChI=1S/C33H17N3O3/c34-18-19-13-15-26(28(17-19)36-32(37)22-8-1-2-9-23(22)33(36)38)35-25-11-5-3-10-24(25)30-27(35)16-14-21-20-7-4-6-12-29(20)39-31(21)30/h1-17H. The number of nitriles is 1. The second-order valence-corrected chi connectivity index (χ2v) is 9.59. The minimum atomic E-state index is -0.410. The summed E-state index contributed by atoms with van der Waals surface area (Å²) < 4.78 is 8.43. The molecule has 0 atom stereocenters. The van der Waals surface area contributed by atoms with E-state index in [1.165, 1.54) is 4.90 Å². The maximum Gasteiger partial charge on any atom is 0.266 e. The van der Waals surface area contributed by atoms with E-state index in [9.17, 15) is 14.9 Å². The molecule has 1 aliphatic heterocycles. The van der Waals surface area contributed by atoms with Crippen molar-refractivity contribution in [3.63, 3.8) is 0 Å². The Labute approximate surface area is 221 Å². The Balaban J connectivity index is 1.48. The zero-order chi connectivity index (χ0) is 26.2. The number of anilines is 1. The van der Waals surface area contributed by atoms with Crippen LogP contribution in [0, 0.1) is 11.3 Å². The highest BCUT2D eigenvalue weighted by atomic mass is 16.3. The fourth-order valence-corrected chi connectivity index (χ4v) is 5.86. The molecule has 0 unspecified atom stereocenters. The Morgan fingerprint density at radius 3 is 2.10 bits per heavy atom. The summed E-state index contributed by atoms with van der Waals surface area (Å²) in [6, 6.07) is 34.1. The molecular formula is C33H17N3O3. The molecule has 6 nitrogen and oxygen atoms in total.